The first kappa shape index (κ1) is 31.8. The smallest absolute Gasteiger partial charge is 0.272 e. The van der Waals surface area contributed by atoms with E-state index < -0.39 is 11.8 Å². The summed E-state index contributed by atoms with van der Waals surface area (Å²) in [6.45, 7) is 2.33. The third-order valence-electron chi connectivity index (χ3n) is 6.80. The van der Waals surface area contributed by atoms with E-state index in [2.05, 4.69) is 10.6 Å². The number of nitrogens with one attached hydrogen (secondary N) is 2. The van der Waals surface area contributed by atoms with Crippen LogP contribution in [0.3, 0.4) is 0 Å². The number of hydrogen-bond donors (Lipinski definition) is 2. The van der Waals surface area contributed by atoms with Gasteiger partial charge in [-0.2, -0.15) is 0 Å². The molecule has 0 atom stereocenters. The number of nitrogens with zero attached hydrogens (tertiary/aromatic N) is 1. The molecule has 5 rings (SSSR count). The largest absolute Gasteiger partial charge is 0.493 e. The fourth-order valence-electron chi connectivity index (χ4n) is 4.62. The Morgan fingerprint density at radius 2 is 1.28 bits per heavy atom. The molecule has 230 valence electrons. The summed E-state index contributed by atoms with van der Waals surface area (Å²) in [6, 6.07) is 42.3. The molecule has 0 saturated heterocycles. The minimum atomic E-state index is -0.493. The highest BCUT2D eigenvalue weighted by molar-refractivity contribution is 8.00. The molecule has 8 heteroatoms. The van der Waals surface area contributed by atoms with Gasteiger partial charge in [0, 0.05) is 33.1 Å². The Morgan fingerprint density at radius 1 is 0.717 bits per heavy atom. The second-order valence-corrected chi connectivity index (χ2v) is 11.1. The third-order valence-corrected chi connectivity index (χ3v) is 7.80. The van der Waals surface area contributed by atoms with Crippen molar-refractivity contribution in [1.29, 1.82) is 0 Å². The summed E-state index contributed by atoms with van der Waals surface area (Å²) in [6.07, 6.45) is 1.60. The zero-order chi connectivity index (χ0) is 32.1. The Bertz CT molecular complexity index is 1760. The van der Waals surface area contributed by atoms with Crippen LogP contribution in [0.15, 0.2) is 150 Å². The number of thioether (sulfide) groups is 1. The summed E-state index contributed by atoms with van der Waals surface area (Å²) in [5, 5.41) is 5.64. The van der Waals surface area contributed by atoms with Gasteiger partial charge in [-0.3, -0.25) is 19.3 Å². The SMILES string of the molecule is CCOc1ccccc1/C=C(\NC(=O)c1ccccc1)C(=O)Nc1ccc(SCC(=O)N(c2ccccc2)c2ccccc2)cc1. The Labute approximate surface area is 272 Å². The van der Waals surface area contributed by atoms with Gasteiger partial charge in [0.15, 0.2) is 0 Å². The minimum absolute atomic E-state index is 0.0592. The maximum Gasteiger partial charge on any atom is 0.272 e. The van der Waals surface area contributed by atoms with Crippen molar-refractivity contribution in [2.45, 2.75) is 11.8 Å². The summed E-state index contributed by atoms with van der Waals surface area (Å²) in [5.74, 6) is -0.151. The van der Waals surface area contributed by atoms with Crippen molar-refractivity contribution in [3.05, 3.63) is 156 Å². The second-order valence-electron chi connectivity index (χ2n) is 10.0. The molecule has 7 nitrogen and oxygen atoms in total. The van der Waals surface area contributed by atoms with Crippen molar-refractivity contribution in [1.82, 2.24) is 5.32 Å². The predicted octanol–water partition coefficient (Wildman–Crippen LogP) is 7.95. The number of rotatable bonds is 12. The van der Waals surface area contributed by atoms with Crippen LogP contribution in [0.25, 0.3) is 6.08 Å². The average Bonchev–Trinajstić information content (AvgIpc) is 3.10. The van der Waals surface area contributed by atoms with Crippen LogP contribution >= 0.6 is 11.8 Å². The van der Waals surface area contributed by atoms with E-state index in [1.54, 1.807) is 47.4 Å². The summed E-state index contributed by atoms with van der Waals surface area (Å²) < 4.78 is 5.73. The number of hydrogen-bond acceptors (Lipinski definition) is 5. The molecule has 0 aliphatic rings. The molecule has 0 saturated carbocycles. The molecule has 0 spiro atoms. The quantitative estimate of drug-likeness (QED) is 0.108. The lowest BCUT2D eigenvalue weighted by Gasteiger charge is -2.23. The summed E-state index contributed by atoms with van der Waals surface area (Å²) in [7, 11) is 0. The van der Waals surface area contributed by atoms with Gasteiger partial charge < -0.3 is 15.4 Å². The van der Waals surface area contributed by atoms with Crippen LogP contribution in [-0.2, 0) is 9.59 Å². The Balaban J connectivity index is 1.29. The highest BCUT2D eigenvalue weighted by Crippen LogP contribution is 2.28. The number of para-hydroxylation sites is 3. The van der Waals surface area contributed by atoms with Gasteiger partial charge in [0.1, 0.15) is 11.4 Å². The van der Waals surface area contributed by atoms with Gasteiger partial charge in [-0.1, -0.05) is 72.8 Å². The number of amides is 3. The van der Waals surface area contributed by atoms with Gasteiger partial charge in [0.25, 0.3) is 11.8 Å². The molecule has 0 aliphatic carbocycles. The molecule has 0 aromatic heterocycles. The Morgan fingerprint density at radius 3 is 1.89 bits per heavy atom. The standard InChI is InChI=1S/C38H33N3O4S/c1-2-45-35-21-13-12-16-29(35)26-34(40-37(43)28-14-6-3-7-15-28)38(44)39-30-22-24-33(25-23-30)46-27-36(42)41(31-17-8-4-9-18-31)32-19-10-5-11-20-32/h3-26H,2,27H2,1H3,(H,39,44)(H,40,43)/b34-26-. The van der Waals surface area contributed by atoms with Crippen molar-refractivity contribution in [2.24, 2.45) is 0 Å². The van der Waals surface area contributed by atoms with Crippen LogP contribution in [0, 0.1) is 0 Å². The molecule has 5 aromatic carbocycles. The van der Waals surface area contributed by atoms with Crippen LogP contribution in [0.5, 0.6) is 5.75 Å². The van der Waals surface area contributed by atoms with Crippen LogP contribution in [-0.4, -0.2) is 30.1 Å². The highest BCUT2D eigenvalue weighted by Gasteiger charge is 2.19. The van der Waals surface area contributed by atoms with E-state index >= 15 is 0 Å². The van der Waals surface area contributed by atoms with E-state index in [0.717, 1.165) is 16.3 Å². The first-order chi connectivity index (χ1) is 22.5. The second kappa shape index (κ2) is 15.9. The molecule has 3 amide bonds. The first-order valence-electron chi connectivity index (χ1n) is 14.8. The maximum atomic E-state index is 13.5. The minimum Gasteiger partial charge on any atom is -0.493 e. The normalized spacial score (nSPS) is 10.9. The molecule has 0 radical (unpaired) electrons. The summed E-state index contributed by atoms with van der Waals surface area (Å²) in [5.41, 5.74) is 3.27. The lowest BCUT2D eigenvalue weighted by Crippen LogP contribution is -2.30. The van der Waals surface area contributed by atoms with E-state index in [0.29, 0.717) is 29.2 Å². The van der Waals surface area contributed by atoms with Gasteiger partial charge in [0.05, 0.1) is 12.4 Å². The van der Waals surface area contributed by atoms with Gasteiger partial charge >= 0.3 is 0 Å². The molecule has 5 aromatic rings. The topological polar surface area (TPSA) is 87.7 Å². The van der Waals surface area contributed by atoms with Crippen molar-refractivity contribution in [2.75, 3.05) is 22.6 Å². The lowest BCUT2D eigenvalue weighted by molar-refractivity contribution is -0.115. The summed E-state index contributed by atoms with van der Waals surface area (Å²) >= 11 is 1.41. The van der Waals surface area contributed by atoms with E-state index in [9.17, 15) is 14.4 Å². The first-order valence-corrected chi connectivity index (χ1v) is 15.8. The molecule has 0 bridgehead atoms. The number of ether oxygens (including phenoxy) is 1. The van der Waals surface area contributed by atoms with Gasteiger partial charge in [-0.05, 0) is 79.7 Å². The molecule has 0 unspecified atom stereocenters. The fraction of sp³-hybridized carbons (Fsp3) is 0.0789. The highest BCUT2D eigenvalue weighted by atomic mass is 32.2. The monoisotopic (exact) mass is 627 g/mol. The maximum absolute atomic E-state index is 13.5. The average molecular weight is 628 g/mol. The Hall–Kier alpha value is -5.60. The molecule has 46 heavy (non-hydrogen) atoms. The van der Waals surface area contributed by atoms with Crippen LogP contribution in [0.4, 0.5) is 17.1 Å². The molecule has 0 aliphatic heterocycles. The van der Waals surface area contributed by atoms with Crippen molar-refractivity contribution >= 4 is 52.6 Å². The zero-order valence-corrected chi connectivity index (χ0v) is 26.1. The van der Waals surface area contributed by atoms with Crippen molar-refractivity contribution in [3.8, 4) is 5.75 Å². The number of carbonyl (C=O) groups is 3. The number of carbonyl (C=O) groups excluding carboxylic acids is 3. The zero-order valence-electron chi connectivity index (χ0n) is 25.3. The lowest BCUT2D eigenvalue weighted by atomic mass is 10.1. The van der Waals surface area contributed by atoms with E-state index in [-0.39, 0.29) is 17.4 Å². The van der Waals surface area contributed by atoms with Gasteiger partial charge in [0.2, 0.25) is 5.91 Å². The molecular formula is C38H33N3O4S. The van der Waals surface area contributed by atoms with E-state index in [1.807, 2.05) is 110 Å². The van der Waals surface area contributed by atoms with Gasteiger partial charge in [-0.15, -0.1) is 11.8 Å². The van der Waals surface area contributed by atoms with Crippen molar-refractivity contribution < 1.29 is 19.1 Å². The molecule has 2 N–H and O–H groups in total. The van der Waals surface area contributed by atoms with Crippen LogP contribution < -0.4 is 20.3 Å². The van der Waals surface area contributed by atoms with Crippen molar-refractivity contribution in [3.63, 3.8) is 0 Å². The number of anilines is 3. The summed E-state index contributed by atoms with van der Waals surface area (Å²) in [4.78, 5) is 42.5. The van der Waals surface area contributed by atoms with Crippen LogP contribution in [0.2, 0.25) is 0 Å². The molecular weight excluding hydrogens is 595 g/mol. The fourth-order valence-corrected chi connectivity index (χ4v) is 5.37. The molecule has 0 fully saturated rings. The molecule has 0 heterocycles. The number of benzene rings is 5. The Kier molecular flexibility index (Phi) is 11.0. The van der Waals surface area contributed by atoms with E-state index in [4.69, 9.17) is 4.74 Å². The third kappa shape index (κ3) is 8.52. The van der Waals surface area contributed by atoms with Crippen LogP contribution in [0.1, 0.15) is 22.8 Å². The predicted molar refractivity (Wildman–Crippen MR) is 185 cm³/mol. The van der Waals surface area contributed by atoms with Gasteiger partial charge in [-0.25, -0.2) is 0 Å². The van der Waals surface area contributed by atoms with E-state index in [1.165, 1.54) is 11.8 Å².